The number of thiol groups is 1. The van der Waals surface area contributed by atoms with Crippen molar-refractivity contribution in [2.75, 3.05) is 11.5 Å². The van der Waals surface area contributed by atoms with Crippen LogP contribution in [0.25, 0.3) is 0 Å². The highest BCUT2D eigenvalue weighted by atomic mass is 32.2. The van der Waals surface area contributed by atoms with Crippen LogP contribution in [0.4, 0.5) is 0 Å². The molecule has 13 heavy (non-hydrogen) atoms. The Bertz CT molecular complexity index is 307. The van der Waals surface area contributed by atoms with Gasteiger partial charge in [0, 0.05) is 12.3 Å². The van der Waals surface area contributed by atoms with Gasteiger partial charge < -0.3 is 0 Å². The first-order valence-corrected chi connectivity index (χ1v) is 5.80. The molecule has 1 aromatic heterocycles. The van der Waals surface area contributed by atoms with Gasteiger partial charge in [-0.25, -0.2) is 9.89 Å². The minimum Gasteiger partial charge on any atom is -0.270 e. The van der Waals surface area contributed by atoms with Gasteiger partial charge in [-0.2, -0.15) is 12.6 Å². The van der Waals surface area contributed by atoms with Crippen LogP contribution in [0, 0.1) is 0 Å². The molecule has 4 nitrogen and oxygen atoms in total. The molecule has 0 aliphatic heterocycles. The van der Waals surface area contributed by atoms with E-state index in [4.69, 9.17) is 0 Å². The van der Waals surface area contributed by atoms with Gasteiger partial charge in [-0.3, -0.25) is 4.57 Å². The molecule has 0 aliphatic rings. The Morgan fingerprint density at radius 2 is 2.46 bits per heavy atom. The summed E-state index contributed by atoms with van der Waals surface area (Å²) in [6.07, 6.45) is 1.03. The molecule has 0 aromatic carbocycles. The zero-order valence-electron chi connectivity index (χ0n) is 7.49. The maximum Gasteiger partial charge on any atom is 0.343 e. The highest BCUT2D eigenvalue weighted by Gasteiger charge is 2.05. The third kappa shape index (κ3) is 2.80. The van der Waals surface area contributed by atoms with E-state index in [1.807, 2.05) is 6.92 Å². The predicted molar refractivity (Wildman–Crippen MR) is 57.7 cm³/mol. The van der Waals surface area contributed by atoms with Gasteiger partial charge in [-0.15, -0.1) is 5.10 Å². The molecule has 0 saturated carbocycles. The molecule has 0 aliphatic carbocycles. The smallest absolute Gasteiger partial charge is 0.270 e. The fourth-order valence-corrected chi connectivity index (χ4v) is 2.24. The van der Waals surface area contributed by atoms with Crippen molar-refractivity contribution in [2.45, 2.75) is 25.0 Å². The fourth-order valence-electron chi connectivity index (χ4n) is 0.920. The van der Waals surface area contributed by atoms with Crippen molar-refractivity contribution in [1.82, 2.24) is 14.8 Å². The van der Waals surface area contributed by atoms with Gasteiger partial charge in [0.05, 0.1) is 0 Å². The van der Waals surface area contributed by atoms with Gasteiger partial charge in [-0.1, -0.05) is 11.8 Å². The van der Waals surface area contributed by atoms with Crippen LogP contribution in [0.15, 0.2) is 9.95 Å². The summed E-state index contributed by atoms with van der Waals surface area (Å²) in [6.45, 7) is 2.60. The molecule has 1 aromatic rings. The van der Waals surface area contributed by atoms with E-state index < -0.39 is 0 Å². The lowest BCUT2D eigenvalue weighted by Gasteiger charge is -1.99. The van der Waals surface area contributed by atoms with E-state index in [0.717, 1.165) is 23.1 Å². The van der Waals surface area contributed by atoms with E-state index >= 15 is 0 Å². The Kier molecular flexibility index (Phi) is 4.44. The largest absolute Gasteiger partial charge is 0.343 e. The summed E-state index contributed by atoms with van der Waals surface area (Å²) in [5.41, 5.74) is -0.129. The van der Waals surface area contributed by atoms with Crippen LogP contribution in [-0.2, 0) is 6.54 Å². The Hall–Kier alpha value is -0.360. The summed E-state index contributed by atoms with van der Waals surface area (Å²) in [5, 5.41) is 7.13. The summed E-state index contributed by atoms with van der Waals surface area (Å²) < 4.78 is 1.63. The third-order valence-corrected chi connectivity index (χ3v) is 2.95. The normalized spacial score (nSPS) is 10.6. The van der Waals surface area contributed by atoms with Crippen LogP contribution in [-0.4, -0.2) is 26.3 Å². The number of hydrogen-bond donors (Lipinski definition) is 2. The van der Waals surface area contributed by atoms with Crippen LogP contribution < -0.4 is 5.69 Å². The van der Waals surface area contributed by atoms with Crippen molar-refractivity contribution < 1.29 is 0 Å². The zero-order chi connectivity index (χ0) is 9.68. The van der Waals surface area contributed by atoms with Gasteiger partial charge in [0.1, 0.15) is 0 Å². The minimum absolute atomic E-state index is 0.129. The highest BCUT2D eigenvalue weighted by molar-refractivity contribution is 7.99. The molecule has 6 heteroatoms. The molecule has 1 heterocycles. The zero-order valence-corrected chi connectivity index (χ0v) is 9.20. The van der Waals surface area contributed by atoms with Gasteiger partial charge >= 0.3 is 5.69 Å². The lowest BCUT2D eigenvalue weighted by Crippen LogP contribution is -2.16. The molecular formula is C7H13N3OS2. The van der Waals surface area contributed by atoms with Gasteiger partial charge in [-0.05, 0) is 19.1 Å². The molecule has 1 N–H and O–H groups in total. The molecule has 0 atom stereocenters. The number of hydrogen-bond acceptors (Lipinski definition) is 4. The molecule has 0 unspecified atom stereocenters. The van der Waals surface area contributed by atoms with E-state index in [0.29, 0.717) is 6.54 Å². The SMILES string of the molecule is CCn1c(SCCCS)n[nH]c1=O. The first kappa shape index (κ1) is 10.7. The van der Waals surface area contributed by atoms with Gasteiger partial charge in [0.2, 0.25) is 0 Å². The quantitative estimate of drug-likeness (QED) is 0.441. The average Bonchev–Trinajstić information content (AvgIpc) is 2.47. The average molecular weight is 219 g/mol. The summed E-state index contributed by atoms with van der Waals surface area (Å²) in [4.78, 5) is 11.1. The maximum absolute atomic E-state index is 11.1. The lowest BCUT2D eigenvalue weighted by molar-refractivity contribution is 0.660. The molecule has 0 spiro atoms. The van der Waals surface area contributed by atoms with Crippen LogP contribution in [0.5, 0.6) is 0 Å². The van der Waals surface area contributed by atoms with Crippen molar-refractivity contribution in [1.29, 1.82) is 0 Å². The number of aromatic amines is 1. The number of thioether (sulfide) groups is 1. The number of rotatable bonds is 5. The summed E-state index contributed by atoms with van der Waals surface area (Å²) in [5.74, 6) is 1.82. The number of H-pyrrole nitrogens is 1. The summed E-state index contributed by atoms with van der Waals surface area (Å²) in [6, 6.07) is 0. The molecule has 0 radical (unpaired) electrons. The Labute approximate surface area is 86.5 Å². The van der Waals surface area contributed by atoms with Gasteiger partial charge in [0.15, 0.2) is 5.16 Å². The number of nitrogens with one attached hydrogen (secondary N) is 1. The van der Waals surface area contributed by atoms with E-state index in [2.05, 4.69) is 22.8 Å². The topological polar surface area (TPSA) is 50.7 Å². The second-order valence-corrected chi connectivity index (χ2v) is 3.99. The van der Waals surface area contributed by atoms with Crippen LogP contribution in [0.1, 0.15) is 13.3 Å². The second-order valence-electron chi connectivity index (χ2n) is 2.48. The molecule has 0 saturated heterocycles. The van der Waals surface area contributed by atoms with Crippen molar-refractivity contribution >= 4 is 24.4 Å². The molecule has 1 rings (SSSR count). The first-order valence-electron chi connectivity index (χ1n) is 4.18. The second kappa shape index (κ2) is 5.39. The van der Waals surface area contributed by atoms with E-state index in [1.54, 1.807) is 16.3 Å². The van der Waals surface area contributed by atoms with Crippen molar-refractivity contribution in [3.63, 3.8) is 0 Å². The lowest BCUT2D eigenvalue weighted by atomic mass is 10.6. The molecule has 0 fully saturated rings. The van der Waals surface area contributed by atoms with Crippen molar-refractivity contribution in [2.24, 2.45) is 0 Å². The Balaban J connectivity index is 2.60. The Morgan fingerprint density at radius 3 is 3.08 bits per heavy atom. The van der Waals surface area contributed by atoms with E-state index in [9.17, 15) is 4.79 Å². The first-order chi connectivity index (χ1) is 6.29. The summed E-state index contributed by atoms with van der Waals surface area (Å²) >= 11 is 5.70. The predicted octanol–water partition coefficient (Wildman–Crippen LogP) is 1.00. The highest BCUT2D eigenvalue weighted by Crippen LogP contribution is 2.13. The van der Waals surface area contributed by atoms with E-state index in [1.165, 1.54) is 0 Å². The minimum atomic E-state index is -0.129. The van der Waals surface area contributed by atoms with Crippen LogP contribution in [0.2, 0.25) is 0 Å². The van der Waals surface area contributed by atoms with Crippen LogP contribution >= 0.6 is 24.4 Å². The van der Waals surface area contributed by atoms with Crippen LogP contribution in [0.3, 0.4) is 0 Å². The van der Waals surface area contributed by atoms with E-state index in [-0.39, 0.29) is 5.69 Å². The number of nitrogens with zero attached hydrogens (tertiary/aromatic N) is 2. The third-order valence-electron chi connectivity index (χ3n) is 1.57. The monoisotopic (exact) mass is 219 g/mol. The van der Waals surface area contributed by atoms with Gasteiger partial charge in [0.25, 0.3) is 0 Å². The molecule has 0 amide bonds. The number of aromatic nitrogens is 3. The molecular weight excluding hydrogens is 206 g/mol. The molecule has 74 valence electrons. The maximum atomic E-state index is 11.1. The summed E-state index contributed by atoms with van der Waals surface area (Å²) in [7, 11) is 0. The standard InChI is InChI=1S/C7H13N3OS2/c1-2-10-6(11)8-9-7(10)13-5-3-4-12/h12H,2-5H2,1H3,(H,8,11). The molecule has 0 bridgehead atoms. The van der Waals surface area contributed by atoms with Crippen molar-refractivity contribution in [3.05, 3.63) is 10.5 Å². The van der Waals surface area contributed by atoms with Crippen molar-refractivity contribution in [3.8, 4) is 0 Å². The fraction of sp³-hybridized carbons (Fsp3) is 0.714. The Morgan fingerprint density at radius 1 is 1.69 bits per heavy atom.